The van der Waals surface area contributed by atoms with Gasteiger partial charge in [0.25, 0.3) is 0 Å². The van der Waals surface area contributed by atoms with E-state index in [1.54, 1.807) is 0 Å². The summed E-state index contributed by atoms with van der Waals surface area (Å²) in [6.45, 7) is -3.33. The van der Waals surface area contributed by atoms with Gasteiger partial charge in [-0.15, -0.1) is 0 Å². The van der Waals surface area contributed by atoms with Gasteiger partial charge in [0.1, 0.15) is 42.0 Å². The van der Waals surface area contributed by atoms with Gasteiger partial charge in [-0.2, -0.15) is 0 Å². The number of carboxylic acid groups (broad SMARTS) is 1. The summed E-state index contributed by atoms with van der Waals surface area (Å²) in [5, 5.41) is 81.8. The Morgan fingerprint density at radius 1 is 0.500 bits per heavy atom. The second-order valence-electron chi connectivity index (χ2n) is 12.4. The second-order valence-corrected chi connectivity index (χ2v) is 12.6. The normalized spacial score (nSPS) is 15.2. The van der Waals surface area contributed by atoms with E-state index in [9.17, 15) is 73.8 Å². The maximum atomic E-state index is 12.8. The van der Waals surface area contributed by atoms with Crippen molar-refractivity contribution in [2.45, 2.75) is 88.2 Å². The molecule has 0 spiro atoms. The van der Waals surface area contributed by atoms with Crippen LogP contribution in [0.2, 0.25) is 0 Å². The van der Waals surface area contributed by atoms with E-state index >= 15 is 0 Å². The highest BCUT2D eigenvalue weighted by molar-refractivity contribution is 7.78. The van der Waals surface area contributed by atoms with Crippen LogP contribution in [0.5, 0.6) is 0 Å². The Morgan fingerprint density at radius 2 is 0.839 bits per heavy atom. The number of hydrogen-bond donors (Lipinski definition) is 16. The molecule has 25 heteroatoms. The van der Waals surface area contributed by atoms with Crippen LogP contribution < -0.4 is 41.9 Å². The monoisotopic (exact) mass is 826 g/mol. The summed E-state index contributed by atoms with van der Waals surface area (Å²) in [6.07, 6.45) is 0.999. The first-order valence-corrected chi connectivity index (χ1v) is 17.8. The quantitative estimate of drug-likeness (QED) is 0.0246. The smallest absolute Gasteiger partial charge is 0.306 e. The summed E-state index contributed by atoms with van der Waals surface area (Å²) in [5.74, 6) is -9.85. The molecule has 0 bridgehead atoms. The number of ketones is 1. The van der Waals surface area contributed by atoms with Gasteiger partial charge in [-0.25, -0.2) is 0 Å². The number of thiol groups is 1. The van der Waals surface area contributed by atoms with E-state index in [1.807, 2.05) is 21.3 Å². The van der Waals surface area contributed by atoms with Crippen molar-refractivity contribution >= 4 is 65.9 Å². The molecule has 0 aromatic heterocycles. The van der Waals surface area contributed by atoms with Gasteiger partial charge in [-0.05, 0) is 32.6 Å². The lowest BCUT2D eigenvalue weighted by Crippen LogP contribution is -2.62. The number of unbranched alkanes of at least 4 members (excludes halogenated alkanes) is 1. The van der Waals surface area contributed by atoms with E-state index in [4.69, 9.17) is 5.11 Å². The molecule has 15 N–H and O–H groups in total. The molecule has 0 aromatic rings. The first kappa shape index (κ1) is 51.5. The van der Waals surface area contributed by atoms with Crippen molar-refractivity contribution in [3.05, 3.63) is 0 Å². The standard InChI is InChI=1S/C31H54N8O16S/c1-15(31(54)55)6-7-24(47)33-19(10-41)26(49)35-21(12-43)28(51)37-23(14-45)30(53)38-22(13-44)29(52)36-20(11-42)27(50)34-18(9-40)25(48)32-8-4-3-5-17(39-56)16(2)46/h15,17-23,39-45,56H,3-14H2,1-2H3,(H,32,48)(H,33,47)(H,34,50)(H,35,49)(H,36,52)(H,37,51)(H,38,53)(H,54,55)/t15-,17-,18-,19-,20-,21-,22-,23-/m0/s1. The number of aliphatic hydroxyl groups is 6. The molecule has 0 aliphatic rings. The number of hydrogen-bond acceptors (Lipinski definition) is 17. The van der Waals surface area contributed by atoms with E-state index in [2.05, 4.69) is 33.5 Å². The molecule has 320 valence electrons. The number of carbonyl (C=O) groups is 9. The Balaban J connectivity index is 5.27. The summed E-state index contributed by atoms with van der Waals surface area (Å²) < 4.78 is 2.56. The Labute approximate surface area is 326 Å². The molecule has 56 heavy (non-hydrogen) atoms. The van der Waals surface area contributed by atoms with Crippen LogP contribution in [0.25, 0.3) is 0 Å². The number of aliphatic hydroxyl groups excluding tert-OH is 6. The fraction of sp³-hybridized carbons (Fsp3) is 0.710. The average molecular weight is 827 g/mol. The first-order chi connectivity index (χ1) is 26.4. The minimum atomic E-state index is -1.86. The van der Waals surface area contributed by atoms with Crippen LogP contribution in [-0.2, 0) is 43.2 Å². The summed E-state index contributed by atoms with van der Waals surface area (Å²) >= 11 is 3.88. The number of nitrogens with one attached hydrogen (secondary N) is 8. The fourth-order valence-corrected chi connectivity index (χ4v) is 4.74. The first-order valence-electron chi connectivity index (χ1n) is 17.3. The minimum absolute atomic E-state index is 0.0853. The number of carbonyl (C=O) groups excluding carboxylic acids is 8. The van der Waals surface area contributed by atoms with E-state index in [0.717, 1.165) is 0 Å². The van der Waals surface area contributed by atoms with Gasteiger partial charge in [-0.1, -0.05) is 19.7 Å². The van der Waals surface area contributed by atoms with Gasteiger partial charge in [-0.3, -0.25) is 47.9 Å². The largest absolute Gasteiger partial charge is 0.481 e. The Morgan fingerprint density at radius 3 is 1.14 bits per heavy atom. The van der Waals surface area contributed by atoms with Gasteiger partial charge >= 0.3 is 5.97 Å². The lowest BCUT2D eigenvalue weighted by Gasteiger charge is -2.25. The summed E-state index contributed by atoms with van der Waals surface area (Å²) in [5.41, 5.74) is 0. The molecule has 0 fully saturated rings. The molecular weight excluding hydrogens is 772 g/mol. The summed E-state index contributed by atoms with van der Waals surface area (Å²) in [6, 6.07) is -10.9. The van der Waals surface area contributed by atoms with Gasteiger partial charge in [0.2, 0.25) is 41.4 Å². The highest BCUT2D eigenvalue weighted by Crippen LogP contribution is 2.06. The van der Waals surface area contributed by atoms with Crippen LogP contribution in [0.3, 0.4) is 0 Å². The Kier molecular flexibility index (Phi) is 25.7. The molecular formula is C31H54N8O16S. The lowest BCUT2D eigenvalue weighted by atomic mass is 10.1. The van der Waals surface area contributed by atoms with Crippen LogP contribution in [0.4, 0.5) is 0 Å². The molecule has 0 radical (unpaired) electrons. The van der Waals surface area contributed by atoms with E-state index < -0.39 is 135 Å². The van der Waals surface area contributed by atoms with Crippen LogP contribution in [0.15, 0.2) is 0 Å². The van der Waals surface area contributed by atoms with Crippen molar-refractivity contribution in [1.29, 1.82) is 0 Å². The molecule has 0 heterocycles. The van der Waals surface area contributed by atoms with Crippen molar-refractivity contribution in [1.82, 2.24) is 41.9 Å². The fourth-order valence-electron chi connectivity index (χ4n) is 4.43. The molecule has 0 rings (SSSR count). The average Bonchev–Trinajstić information content (AvgIpc) is 3.17. The zero-order valence-electron chi connectivity index (χ0n) is 30.9. The third-order valence-corrected chi connectivity index (χ3v) is 8.32. The lowest BCUT2D eigenvalue weighted by molar-refractivity contribution is -0.141. The number of aliphatic carboxylic acids is 1. The Hall–Kier alpha value is -4.50. The molecule has 8 atom stereocenters. The molecule has 0 saturated carbocycles. The SMILES string of the molecule is CC(=O)[C@H](CCCCNC(=O)[C@H](CO)NC(=O)[C@H](CO)NC(=O)[C@H](CO)NC(=O)[C@H](CO)NC(=O)[C@H](CO)NC(=O)[C@H](CO)NC(=O)CC[C@H](C)C(=O)O)NS. The van der Waals surface area contributed by atoms with Crippen molar-refractivity contribution < 1.29 is 78.9 Å². The molecule has 0 aromatic carbocycles. The van der Waals surface area contributed by atoms with Crippen molar-refractivity contribution in [3.8, 4) is 0 Å². The summed E-state index contributed by atoms with van der Waals surface area (Å²) in [7, 11) is 0. The van der Waals surface area contributed by atoms with Crippen molar-refractivity contribution in [3.63, 3.8) is 0 Å². The Bertz CT molecular complexity index is 1340. The predicted molar refractivity (Wildman–Crippen MR) is 194 cm³/mol. The maximum Gasteiger partial charge on any atom is 0.306 e. The van der Waals surface area contributed by atoms with Crippen molar-refractivity contribution in [2.24, 2.45) is 5.92 Å². The topological polar surface area (TPSA) is 391 Å². The zero-order chi connectivity index (χ0) is 43.0. The van der Waals surface area contributed by atoms with Crippen molar-refractivity contribution in [2.75, 3.05) is 46.2 Å². The van der Waals surface area contributed by atoms with E-state index in [-0.39, 0.29) is 25.2 Å². The molecule has 0 aliphatic carbocycles. The third-order valence-electron chi connectivity index (χ3n) is 8.00. The van der Waals surface area contributed by atoms with E-state index in [1.165, 1.54) is 13.8 Å². The molecule has 0 unspecified atom stereocenters. The molecule has 24 nitrogen and oxygen atoms in total. The third kappa shape index (κ3) is 18.9. The predicted octanol–water partition coefficient (Wildman–Crippen LogP) is -7.97. The van der Waals surface area contributed by atoms with E-state index in [0.29, 0.717) is 19.3 Å². The maximum absolute atomic E-state index is 12.8. The minimum Gasteiger partial charge on any atom is -0.481 e. The van der Waals surface area contributed by atoms with Gasteiger partial charge in [0, 0.05) is 13.0 Å². The number of carboxylic acids is 1. The molecule has 7 amide bonds. The highest BCUT2D eigenvalue weighted by atomic mass is 32.1. The van der Waals surface area contributed by atoms with Gasteiger partial charge in [0.05, 0.1) is 51.6 Å². The van der Waals surface area contributed by atoms with Crippen LogP contribution >= 0.6 is 12.8 Å². The summed E-state index contributed by atoms with van der Waals surface area (Å²) in [4.78, 5) is 111. The second kappa shape index (κ2) is 28.0. The number of amides is 7. The number of rotatable bonds is 29. The molecule has 0 aliphatic heterocycles. The zero-order valence-corrected chi connectivity index (χ0v) is 31.8. The van der Waals surface area contributed by atoms with Crippen LogP contribution in [-0.4, -0.2) is 177 Å². The van der Waals surface area contributed by atoms with Crippen LogP contribution in [0, 0.1) is 5.92 Å². The van der Waals surface area contributed by atoms with Gasteiger partial charge in [0.15, 0.2) is 0 Å². The molecule has 0 saturated heterocycles. The number of Topliss-reactive ketones (excluding diaryl/α,β-unsaturated/α-hetero) is 1. The van der Waals surface area contributed by atoms with Crippen LogP contribution in [0.1, 0.15) is 46.0 Å². The van der Waals surface area contributed by atoms with Gasteiger partial charge < -0.3 is 73.0 Å². The highest BCUT2D eigenvalue weighted by Gasteiger charge is 2.33.